The Kier molecular flexibility index (Phi) is 8.16. The monoisotopic (exact) mass is 250 g/mol. The zero-order valence-electron chi connectivity index (χ0n) is 11.2. The third-order valence-electron chi connectivity index (χ3n) is 1.91. The molecule has 16 heavy (non-hydrogen) atoms. The smallest absolute Gasteiger partial charge is 0.276 e. The maximum Gasteiger partial charge on any atom is 0.276 e. The van der Waals surface area contributed by atoms with Gasteiger partial charge in [0.1, 0.15) is 6.16 Å². The van der Waals surface area contributed by atoms with Crippen LogP contribution in [-0.2, 0) is 9.47 Å². The second-order valence-electron chi connectivity index (χ2n) is 4.76. The third-order valence-corrected chi connectivity index (χ3v) is 3.38. The molecule has 0 aromatic rings. The molecule has 0 heterocycles. The van der Waals surface area contributed by atoms with E-state index in [1.54, 1.807) is 7.11 Å². The minimum Gasteiger partial charge on any atom is -0.628 e. The first-order chi connectivity index (χ1) is 7.40. The lowest BCUT2D eigenvalue weighted by atomic mass is 10.5. The minimum atomic E-state index is -1.42. The lowest BCUT2D eigenvalue weighted by molar-refractivity contribution is -0.861. The fraction of sp³-hybridized carbons (Fsp3) is 0.909. The Bertz CT molecular complexity index is 224. The summed E-state index contributed by atoms with van der Waals surface area (Å²) in [5.41, 5.74) is 0.683. The van der Waals surface area contributed by atoms with Crippen molar-refractivity contribution in [2.45, 2.75) is 13.3 Å². The molecule has 0 saturated heterocycles. The summed E-state index contributed by atoms with van der Waals surface area (Å²) >= 11 is 0. The minimum absolute atomic E-state index is 0.549. The molecule has 0 fully saturated rings. The molecule has 0 rings (SSSR count). The van der Waals surface area contributed by atoms with Gasteiger partial charge in [-0.1, -0.05) is 6.92 Å². The molecule has 0 amide bonds. The Morgan fingerprint density at radius 3 is 2.31 bits per heavy atom. The Morgan fingerprint density at radius 2 is 1.88 bits per heavy atom. The predicted octanol–water partition coefficient (Wildman–Crippen LogP) is 0.653. The third kappa shape index (κ3) is 8.20. The molecule has 0 radical (unpaired) electrons. The van der Waals surface area contributed by atoms with E-state index in [2.05, 4.69) is 28.1 Å². The highest BCUT2D eigenvalue weighted by Crippen LogP contribution is 2.15. The number of likely N-dealkylation sites (N-methyl/N-ethyl adjacent to an activating group) is 1. The van der Waals surface area contributed by atoms with Crippen molar-refractivity contribution in [3.63, 3.8) is 0 Å². The molecule has 5 heteroatoms. The first kappa shape index (κ1) is 16.0. The van der Waals surface area contributed by atoms with Gasteiger partial charge in [-0.2, -0.15) is 0 Å². The second-order valence-corrected chi connectivity index (χ2v) is 6.46. The molecule has 0 spiro atoms. The van der Waals surface area contributed by atoms with E-state index in [1.807, 2.05) is 0 Å². The van der Waals surface area contributed by atoms with Crippen LogP contribution in [-0.4, -0.2) is 64.1 Å². The number of quaternary nitrogens is 1. The van der Waals surface area contributed by atoms with Crippen LogP contribution in [0.25, 0.3) is 0 Å². The summed E-state index contributed by atoms with van der Waals surface area (Å²) in [6.07, 6.45) is 1.55. The summed E-state index contributed by atoms with van der Waals surface area (Å²) in [4.78, 5) is 11.9. The maximum atomic E-state index is 11.9. The quantitative estimate of drug-likeness (QED) is 0.361. The van der Waals surface area contributed by atoms with Gasteiger partial charge in [0.05, 0.1) is 35.5 Å². The van der Waals surface area contributed by atoms with Gasteiger partial charge in [-0.3, -0.25) is 0 Å². The maximum absolute atomic E-state index is 11.9. The topological polar surface area (TPSA) is 41.5 Å². The van der Waals surface area contributed by atoms with E-state index in [-0.39, 0.29) is 0 Å². The van der Waals surface area contributed by atoms with Crippen molar-refractivity contribution < 1.29 is 18.9 Å². The van der Waals surface area contributed by atoms with Crippen molar-refractivity contribution in [2.24, 2.45) is 0 Å². The molecule has 0 bridgehead atoms. The standard InChI is InChI=1S/C11H25NO3P/c1-6-7-15-8-9-16(13)11(14-5)10-12(2,3)4/h6-10H2,1-5H3/q+1. The largest absolute Gasteiger partial charge is 0.628 e. The average Bonchev–Trinajstić information content (AvgIpc) is 2.19. The molecule has 4 nitrogen and oxygen atoms in total. The molecule has 0 aliphatic heterocycles. The van der Waals surface area contributed by atoms with Gasteiger partial charge in [0.25, 0.3) is 5.48 Å². The van der Waals surface area contributed by atoms with Crippen LogP contribution in [0.15, 0.2) is 0 Å². The lowest BCUT2D eigenvalue weighted by Crippen LogP contribution is -2.40. The normalized spacial score (nSPS) is 13.9. The van der Waals surface area contributed by atoms with E-state index in [0.29, 0.717) is 24.8 Å². The van der Waals surface area contributed by atoms with Gasteiger partial charge in [-0.15, -0.1) is 0 Å². The van der Waals surface area contributed by atoms with Crippen molar-refractivity contribution in [1.82, 2.24) is 0 Å². The fourth-order valence-corrected chi connectivity index (χ4v) is 2.50. The first-order valence-corrected chi connectivity index (χ1v) is 7.08. The Morgan fingerprint density at radius 1 is 1.25 bits per heavy atom. The van der Waals surface area contributed by atoms with Crippen molar-refractivity contribution >= 4 is 13.3 Å². The Hall–Kier alpha value is 0.0100. The van der Waals surface area contributed by atoms with E-state index >= 15 is 0 Å². The van der Waals surface area contributed by atoms with Crippen LogP contribution in [0.2, 0.25) is 0 Å². The van der Waals surface area contributed by atoms with Crippen LogP contribution < -0.4 is 4.89 Å². The SMILES string of the molecule is CCCOCC[P+]([O-])=C(C[N+](C)(C)C)OC. The number of hydrogen-bond acceptors (Lipinski definition) is 3. The number of rotatable bonds is 8. The molecular weight excluding hydrogens is 225 g/mol. The Balaban J connectivity index is 4.16. The van der Waals surface area contributed by atoms with Gasteiger partial charge in [-0.05, 0) is 6.42 Å². The Labute approximate surface area is 100 Å². The predicted molar refractivity (Wildman–Crippen MR) is 67.8 cm³/mol. The van der Waals surface area contributed by atoms with Gasteiger partial charge in [0, 0.05) is 13.7 Å². The molecule has 96 valence electrons. The van der Waals surface area contributed by atoms with E-state index in [1.165, 1.54) is 0 Å². The summed E-state index contributed by atoms with van der Waals surface area (Å²) in [6, 6.07) is 0. The molecule has 1 atom stereocenters. The molecule has 0 aromatic heterocycles. The summed E-state index contributed by atoms with van der Waals surface area (Å²) in [5.74, 6) is 0. The van der Waals surface area contributed by atoms with Crippen molar-refractivity contribution in [3.05, 3.63) is 0 Å². The molecule has 0 N–H and O–H groups in total. The van der Waals surface area contributed by atoms with Crippen LogP contribution in [0, 0.1) is 0 Å². The number of nitrogens with zero attached hydrogens (tertiary/aromatic N) is 1. The van der Waals surface area contributed by atoms with Crippen LogP contribution in [0.5, 0.6) is 0 Å². The lowest BCUT2D eigenvalue weighted by Gasteiger charge is -2.23. The van der Waals surface area contributed by atoms with E-state index in [4.69, 9.17) is 9.47 Å². The summed E-state index contributed by atoms with van der Waals surface area (Å²) < 4.78 is 11.2. The fourth-order valence-electron chi connectivity index (χ4n) is 1.17. The molecular formula is C11H25NO3P+. The number of hydrogen-bond donors (Lipinski definition) is 0. The summed E-state index contributed by atoms with van der Waals surface area (Å²) in [7, 11) is 6.32. The highest BCUT2D eigenvalue weighted by molar-refractivity contribution is 7.51. The molecule has 0 aliphatic rings. The van der Waals surface area contributed by atoms with Gasteiger partial charge >= 0.3 is 0 Å². The molecule has 0 aromatic carbocycles. The highest BCUT2D eigenvalue weighted by atomic mass is 31.1. The van der Waals surface area contributed by atoms with Gasteiger partial charge < -0.3 is 18.9 Å². The molecule has 0 aliphatic carbocycles. The average molecular weight is 250 g/mol. The first-order valence-electron chi connectivity index (χ1n) is 5.63. The summed E-state index contributed by atoms with van der Waals surface area (Å²) in [6.45, 7) is 4.02. The second kappa shape index (κ2) is 8.15. The van der Waals surface area contributed by atoms with Crippen LogP contribution in [0.4, 0.5) is 0 Å². The van der Waals surface area contributed by atoms with Crippen LogP contribution in [0.3, 0.4) is 0 Å². The van der Waals surface area contributed by atoms with E-state index < -0.39 is 7.77 Å². The van der Waals surface area contributed by atoms with Crippen LogP contribution in [0.1, 0.15) is 13.3 Å². The summed E-state index contributed by atoms with van der Waals surface area (Å²) in [5, 5.41) is 0. The zero-order chi connectivity index (χ0) is 12.6. The van der Waals surface area contributed by atoms with Crippen molar-refractivity contribution in [3.8, 4) is 0 Å². The van der Waals surface area contributed by atoms with Crippen LogP contribution >= 0.6 is 7.77 Å². The zero-order valence-corrected chi connectivity index (χ0v) is 12.0. The van der Waals surface area contributed by atoms with E-state index in [0.717, 1.165) is 17.5 Å². The van der Waals surface area contributed by atoms with Gasteiger partial charge in [0.2, 0.25) is 0 Å². The molecule has 1 unspecified atom stereocenters. The van der Waals surface area contributed by atoms with E-state index in [9.17, 15) is 4.89 Å². The molecule has 0 saturated carbocycles. The highest BCUT2D eigenvalue weighted by Gasteiger charge is 2.19. The van der Waals surface area contributed by atoms with Crippen molar-refractivity contribution in [1.29, 1.82) is 0 Å². The number of ether oxygens (including phenoxy) is 2. The number of methoxy groups -OCH3 is 1. The van der Waals surface area contributed by atoms with Gasteiger partial charge in [0.15, 0.2) is 6.54 Å². The van der Waals surface area contributed by atoms with Gasteiger partial charge in [-0.25, -0.2) is 0 Å². The van der Waals surface area contributed by atoms with Crippen molar-refractivity contribution in [2.75, 3.05) is 54.2 Å².